The molecular weight excluding hydrogens is 336 g/mol. The molecule has 26 heavy (non-hydrogen) atoms. The molecule has 0 unspecified atom stereocenters. The molecule has 0 radical (unpaired) electrons. The number of ether oxygens (including phenoxy) is 1. The van der Waals surface area contributed by atoms with Crippen LogP contribution < -0.4 is 4.90 Å². The maximum Gasteiger partial charge on any atom is 0.338 e. The third-order valence-electron chi connectivity index (χ3n) is 4.01. The first-order valence-electron chi connectivity index (χ1n) is 8.05. The van der Waals surface area contributed by atoms with E-state index in [1.54, 1.807) is 0 Å². The number of carbonyl (C=O) groups excluding carboxylic acids is 2. The van der Waals surface area contributed by atoms with Gasteiger partial charge in [-0.05, 0) is 44.0 Å². The first kappa shape index (κ1) is 19.1. The Balaban J connectivity index is 2.55. The predicted octanol–water partition coefficient (Wildman–Crippen LogP) is 3.66. The third kappa shape index (κ3) is 3.88. The van der Waals surface area contributed by atoms with E-state index in [2.05, 4.69) is 4.74 Å². The molecule has 0 aliphatic carbocycles. The zero-order chi connectivity index (χ0) is 19.4. The van der Waals surface area contributed by atoms with Crippen LogP contribution >= 0.6 is 0 Å². The number of non-ortho nitro benzene ring substituents is 1. The minimum Gasteiger partial charge on any atom is -0.465 e. The minimum atomic E-state index is -0.738. The van der Waals surface area contributed by atoms with Crippen molar-refractivity contribution < 1.29 is 19.2 Å². The molecule has 7 heteroatoms. The normalized spacial score (nSPS) is 10.3. The quantitative estimate of drug-likeness (QED) is 0.463. The van der Waals surface area contributed by atoms with Crippen LogP contribution in [-0.2, 0) is 4.74 Å². The predicted molar refractivity (Wildman–Crippen MR) is 97.7 cm³/mol. The van der Waals surface area contributed by atoms with Crippen molar-refractivity contribution in [1.82, 2.24) is 0 Å². The molecule has 1 amide bonds. The number of esters is 1. The van der Waals surface area contributed by atoms with Crippen molar-refractivity contribution in [2.45, 2.75) is 20.8 Å². The van der Waals surface area contributed by atoms with Gasteiger partial charge in [0.05, 0.1) is 17.6 Å². The Bertz CT molecular complexity index is 876. The summed E-state index contributed by atoms with van der Waals surface area (Å²) in [7, 11) is 1.18. The molecule has 0 fully saturated rings. The highest BCUT2D eigenvalue weighted by atomic mass is 16.6. The lowest BCUT2D eigenvalue weighted by atomic mass is 10.1. The van der Waals surface area contributed by atoms with Gasteiger partial charge in [-0.1, -0.05) is 12.1 Å². The van der Waals surface area contributed by atoms with E-state index in [-0.39, 0.29) is 16.8 Å². The van der Waals surface area contributed by atoms with E-state index in [1.165, 1.54) is 24.1 Å². The van der Waals surface area contributed by atoms with Gasteiger partial charge in [0.1, 0.15) is 0 Å². The summed E-state index contributed by atoms with van der Waals surface area (Å²) in [5.41, 5.74) is 2.30. The van der Waals surface area contributed by atoms with E-state index in [9.17, 15) is 19.7 Å². The molecule has 0 aliphatic heterocycles. The van der Waals surface area contributed by atoms with Crippen molar-refractivity contribution in [3.05, 3.63) is 68.8 Å². The second kappa shape index (κ2) is 7.77. The summed E-state index contributed by atoms with van der Waals surface area (Å²) in [6, 6.07) is 9.32. The van der Waals surface area contributed by atoms with Crippen molar-refractivity contribution in [1.29, 1.82) is 0 Å². The van der Waals surface area contributed by atoms with Crippen molar-refractivity contribution in [3.63, 3.8) is 0 Å². The lowest BCUT2D eigenvalue weighted by Gasteiger charge is -2.23. The van der Waals surface area contributed by atoms with Crippen molar-refractivity contribution in [3.8, 4) is 0 Å². The maximum atomic E-state index is 13.0. The first-order chi connectivity index (χ1) is 12.3. The second-order valence-corrected chi connectivity index (χ2v) is 5.86. The smallest absolute Gasteiger partial charge is 0.338 e. The number of carbonyl (C=O) groups is 2. The fourth-order valence-electron chi connectivity index (χ4n) is 2.67. The molecule has 0 N–H and O–H groups in total. The second-order valence-electron chi connectivity index (χ2n) is 5.86. The molecule has 2 aromatic rings. The molecule has 0 aliphatic rings. The molecule has 0 heterocycles. The van der Waals surface area contributed by atoms with Crippen molar-refractivity contribution >= 4 is 23.3 Å². The van der Waals surface area contributed by atoms with E-state index < -0.39 is 16.8 Å². The van der Waals surface area contributed by atoms with Gasteiger partial charge in [-0.3, -0.25) is 14.9 Å². The Hall–Kier alpha value is -3.22. The van der Waals surface area contributed by atoms with Gasteiger partial charge in [0.25, 0.3) is 11.6 Å². The summed E-state index contributed by atoms with van der Waals surface area (Å²) < 4.78 is 4.63. The zero-order valence-electron chi connectivity index (χ0n) is 15.1. The molecular formula is C19H20N2O5. The fourth-order valence-corrected chi connectivity index (χ4v) is 2.67. The number of amides is 1. The van der Waals surface area contributed by atoms with E-state index in [0.717, 1.165) is 22.9 Å². The van der Waals surface area contributed by atoms with E-state index in [1.807, 2.05) is 39.0 Å². The molecule has 7 nitrogen and oxygen atoms in total. The van der Waals surface area contributed by atoms with Crippen LogP contribution in [0, 0.1) is 24.0 Å². The topological polar surface area (TPSA) is 89.8 Å². The first-order valence-corrected chi connectivity index (χ1v) is 8.05. The molecule has 0 spiro atoms. The van der Waals surface area contributed by atoms with Gasteiger partial charge in [-0.2, -0.15) is 0 Å². The van der Waals surface area contributed by atoms with E-state index in [0.29, 0.717) is 6.54 Å². The molecule has 0 bridgehead atoms. The van der Waals surface area contributed by atoms with Crippen LogP contribution in [0.3, 0.4) is 0 Å². The fraction of sp³-hybridized carbons (Fsp3) is 0.263. The van der Waals surface area contributed by atoms with Gasteiger partial charge in [-0.15, -0.1) is 0 Å². The maximum absolute atomic E-state index is 13.0. The number of methoxy groups -OCH3 is 1. The van der Waals surface area contributed by atoms with E-state index >= 15 is 0 Å². The lowest BCUT2D eigenvalue weighted by molar-refractivity contribution is -0.384. The van der Waals surface area contributed by atoms with Crippen LogP contribution in [0.15, 0.2) is 36.4 Å². The third-order valence-corrected chi connectivity index (χ3v) is 4.01. The average Bonchev–Trinajstić information content (AvgIpc) is 2.63. The van der Waals surface area contributed by atoms with Gasteiger partial charge in [0, 0.05) is 29.9 Å². The molecule has 0 atom stereocenters. The number of benzene rings is 2. The molecule has 0 aromatic heterocycles. The Labute approximate surface area is 151 Å². The SMILES string of the molecule is CCN(C(=O)c1cc(C(=O)OC)cc([N+](=O)[O-])c1)c1cc(C)ccc1C. The number of hydrogen-bond acceptors (Lipinski definition) is 5. The monoisotopic (exact) mass is 356 g/mol. The van der Waals surface area contributed by atoms with Gasteiger partial charge in [0.2, 0.25) is 0 Å². The number of nitrogens with zero attached hydrogens (tertiary/aromatic N) is 2. The molecule has 2 rings (SSSR count). The van der Waals surface area contributed by atoms with Crippen molar-refractivity contribution in [2.75, 3.05) is 18.6 Å². The number of rotatable bonds is 5. The highest BCUT2D eigenvalue weighted by molar-refractivity contribution is 6.08. The molecule has 136 valence electrons. The Kier molecular flexibility index (Phi) is 5.71. The average molecular weight is 356 g/mol. The highest BCUT2D eigenvalue weighted by Crippen LogP contribution is 2.25. The number of aryl methyl sites for hydroxylation is 2. The summed E-state index contributed by atoms with van der Waals surface area (Å²) in [5.74, 6) is -1.16. The van der Waals surface area contributed by atoms with Gasteiger partial charge >= 0.3 is 5.97 Å². The highest BCUT2D eigenvalue weighted by Gasteiger charge is 2.23. The molecule has 0 saturated carbocycles. The van der Waals surface area contributed by atoms with Gasteiger partial charge in [0.15, 0.2) is 0 Å². The zero-order valence-corrected chi connectivity index (χ0v) is 15.1. The Morgan fingerprint density at radius 2 is 1.77 bits per heavy atom. The number of nitro benzene ring substituents is 1. The summed E-state index contributed by atoms with van der Waals surface area (Å²) in [6.45, 7) is 6.00. The Morgan fingerprint density at radius 3 is 2.35 bits per heavy atom. The van der Waals surface area contributed by atoms with Crippen molar-refractivity contribution in [2.24, 2.45) is 0 Å². The number of hydrogen-bond donors (Lipinski definition) is 0. The number of nitro groups is 1. The summed E-state index contributed by atoms with van der Waals surface area (Å²) in [5, 5.41) is 11.2. The van der Waals surface area contributed by atoms with Gasteiger partial charge in [-0.25, -0.2) is 4.79 Å². The van der Waals surface area contributed by atoms with Crippen LogP contribution in [-0.4, -0.2) is 30.5 Å². The minimum absolute atomic E-state index is 0.0398. The van der Waals surface area contributed by atoms with E-state index in [4.69, 9.17) is 0 Å². The standard InChI is InChI=1S/C19H20N2O5/c1-5-20(17-8-12(2)6-7-13(17)3)18(22)14-9-15(19(23)26-4)11-16(10-14)21(24)25/h6-11H,5H2,1-4H3. The number of anilines is 1. The van der Waals surface area contributed by atoms with Gasteiger partial charge < -0.3 is 9.64 Å². The molecule has 0 saturated heterocycles. The van der Waals surface area contributed by atoms with Crippen LogP contribution in [0.5, 0.6) is 0 Å². The summed E-state index contributed by atoms with van der Waals surface area (Å²) in [4.78, 5) is 36.9. The summed E-state index contributed by atoms with van der Waals surface area (Å²) in [6.07, 6.45) is 0. The summed E-state index contributed by atoms with van der Waals surface area (Å²) >= 11 is 0. The lowest BCUT2D eigenvalue weighted by Crippen LogP contribution is -2.31. The van der Waals surface area contributed by atoms with Crippen LogP contribution in [0.4, 0.5) is 11.4 Å². The van der Waals surface area contributed by atoms with Crippen LogP contribution in [0.25, 0.3) is 0 Å². The van der Waals surface area contributed by atoms with Crippen LogP contribution in [0.2, 0.25) is 0 Å². The Morgan fingerprint density at radius 1 is 1.12 bits per heavy atom. The largest absolute Gasteiger partial charge is 0.465 e. The molecule has 2 aromatic carbocycles. The van der Waals surface area contributed by atoms with Crippen LogP contribution in [0.1, 0.15) is 38.8 Å².